The second-order valence-electron chi connectivity index (χ2n) is 4.04. The van der Waals surface area contributed by atoms with Gasteiger partial charge in [0.2, 0.25) is 0 Å². The van der Waals surface area contributed by atoms with Crippen LogP contribution in [0.15, 0.2) is 39.7 Å². The first kappa shape index (κ1) is 10.8. The Morgan fingerprint density at radius 2 is 1.53 bits per heavy atom. The van der Waals surface area contributed by atoms with Crippen molar-refractivity contribution in [2.45, 2.75) is 0 Å². The Kier molecular flexibility index (Phi) is 2.44. The summed E-state index contributed by atoms with van der Waals surface area (Å²) < 4.78 is 0.642. The number of allylic oxidation sites excluding steroid dienone is 1. The SMILES string of the molecule is O=C1C(=O)c2cc3ccccc3cc2C=[C]1[In]. The van der Waals surface area contributed by atoms with Crippen LogP contribution in [0, 0.1) is 0 Å². The van der Waals surface area contributed by atoms with Crippen molar-refractivity contribution in [2.75, 3.05) is 0 Å². The Balaban J connectivity index is 2.37. The van der Waals surface area contributed by atoms with E-state index in [1.54, 1.807) is 0 Å². The fourth-order valence-corrected chi connectivity index (χ4v) is 2.95. The summed E-state index contributed by atoms with van der Waals surface area (Å²) in [6.45, 7) is 0. The van der Waals surface area contributed by atoms with E-state index in [4.69, 9.17) is 0 Å². The molecule has 0 amide bonds. The van der Waals surface area contributed by atoms with Gasteiger partial charge < -0.3 is 0 Å². The zero-order valence-corrected chi connectivity index (χ0v) is 12.2. The molecule has 1 aliphatic rings. The van der Waals surface area contributed by atoms with Gasteiger partial charge >= 0.3 is 113 Å². The molecule has 0 bridgehead atoms. The van der Waals surface area contributed by atoms with Gasteiger partial charge in [-0.1, -0.05) is 0 Å². The number of benzene rings is 2. The average molecular weight is 322 g/mol. The molecule has 2 nitrogen and oxygen atoms in total. The standard InChI is InChI=1S/C14H7O2.In/c15-13-6-5-11-7-9-3-1-2-4-10(9)8-12(11)14(13)16;/h1-5,7-8H;. The van der Waals surface area contributed by atoms with Crippen molar-refractivity contribution in [2.24, 2.45) is 0 Å². The third-order valence-electron chi connectivity index (χ3n) is 2.94. The van der Waals surface area contributed by atoms with E-state index in [0.29, 0.717) is 33.3 Å². The molecule has 2 aromatic rings. The molecule has 0 aliphatic heterocycles. The second kappa shape index (κ2) is 3.84. The van der Waals surface area contributed by atoms with E-state index in [1.807, 2.05) is 42.5 Å². The van der Waals surface area contributed by atoms with Crippen LogP contribution in [0.3, 0.4) is 0 Å². The average Bonchev–Trinajstić information content (AvgIpc) is 2.34. The van der Waals surface area contributed by atoms with E-state index >= 15 is 0 Å². The Hall–Kier alpha value is -1.35. The maximum absolute atomic E-state index is 11.9. The van der Waals surface area contributed by atoms with Crippen LogP contribution >= 0.6 is 0 Å². The van der Waals surface area contributed by atoms with Gasteiger partial charge in [-0.3, -0.25) is 0 Å². The molecule has 3 rings (SSSR count). The Morgan fingerprint density at radius 1 is 0.882 bits per heavy atom. The van der Waals surface area contributed by atoms with E-state index in [1.165, 1.54) is 0 Å². The number of carbonyl (C=O) groups excluding carboxylic acids is 2. The quantitative estimate of drug-likeness (QED) is 0.696. The first-order valence-corrected chi connectivity index (χ1v) is 6.90. The van der Waals surface area contributed by atoms with Crippen molar-refractivity contribution in [1.29, 1.82) is 0 Å². The second-order valence-corrected chi connectivity index (χ2v) is 5.82. The molecule has 0 heterocycles. The molecule has 0 atom stereocenters. The van der Waals surface area contributed by atoms with Crippen molar-refractivity contribution in [3.8, 4) is 0 Å². The molecule has 2 aromatic carbocycles. The van der Waals surface area contributed by atoms with E-state index in [0.717, 1.165) is 16.3 Å². The molecule has 0 saturated carbocycles. The Bertz CT molecular complexity index is 698. The third-order valence-corrected chi connectivity index (χ3v) is 4.17. The summed E-state index contributed by atoms with van der Waals surface area (Å²) in [5.41, 5.74) is 1.41. The molecular weight excluding hydrogens is 315 g/mol. The third kappa shape index (κ3) is 1.65. The van der Waals surface area contributed by atoms with E-state index in [-0.39, 0.29) is 11.6 Å². The molecule has 0 N–H and O–H groups in total. The first-order valence-electron chi connectivity index (χ1n) is 5.26. The molecule has 1 aliphatic carbocycles. The number of Topliss-reactive ketones (excluding diaryl/α,β-unsaturated/α-hetero) is 2. The minimum atomic E-state index is -0.365. The van der Waals surface area contributed by atoms with Gasteiger partial charge in [-0.25, -0.2) is 0 Å². The van der Waals surface area contributed by atoms with Crippen molar-refractivity contribution >= 4 is 52.8 Å². The van der Waals surface area contributed by atoms with E-state index < -0.39 is 0 Å². The van der Waals surface area contributed by atoms with Gasteiger partial charge in [-0.15, -0.1) is 0 Å². The molecule has 78 valence electrons. The predicted molar refractivity (Wildman–Crippen MR) is 67.0 cm³/mol. The first-order chi connectivity index (χ1) is 8.16. The number of ketones is 2. The zero-order chi connectivity index (χ0) is 12.0. The van der Waals surface area contributed by atoms with Crippen LogP contribution in [0.25, 0.3) is 16.8 Å². The minimum absolute atomic E-state index is 0.338. The fourth-order valence-electron chi connectivity index (χ4n) is 2.06. The van der Waals surface area contributed by atoms with Crippen molar-refractivity contribution < 1.29 is 9.59 Å². The molecule has 0 saturated heterocycles. The molecule has 0 fully saturated rings. The predicted octanol–water partition coefficient (Wildman–Crippen LogP) is 2.11. The van der Waals surface area contributed by atoms with Crippen molar-refractivity contribution in [3.63, 3.8) is 0 Å². The zero-order valence-electron chi connectivity index (χ0n) is 8.94. The number of hydrogen-bond acceptors (Lipinski definition) is 2. The van der Waals surface area contributed by atoms with Crippen molar-refractivity contribution in [3.05, 3.63) is 50.9 Å². The van der Waals surface area contributed by atoms with Crippen molar-refractivity contribution in [1.82, 2.24) is 0 Å². The van der Waals surface area contributed by atoms with Crippen LogP contribution in [0.4, 0.5) is 0 Å². The fraction of sp³-hybridized carbons (Fsp3) is 0. The van der Waals surface area contributed by atoms with Crippen LogP contribution in [0.5, 0.6) is 0 Å². The number of rotatable bonds is 0. The summed E-state index contributed by atoms with van der Waals surface area (Å²) in [5, 5.41) is 2.09. The van der Waals surface area contributed by atoms with Gasteiger partial charge in [0.25, 0.3) is 0 Å². The van der Waals surface area contributed by atoms with Crippen LogP contribution < -0.4 is 0 Å². The summed E-state index contributed by atoms with van der Waals surface area (Å²) in [7, 11) is 0. The topological polar surface area (TPSA) is 34.1 Å². The Morgan fingerprint density at radius 3 is 2.24 bits per heavy atom. The number of carbonyl (C=O) groups is 2. The van der Waals surface area contributed by atoms with E-state index in [2.05, 4.69) is 0 Å². The normalized spacial score (nSPS) is 14.7. The van der Waals surface area contributed by atoms with Gasteiger partial charge in [-0.2, -0.15) is 0 Å². The van der Waals surface area contributed by atoms with Crippen LogP contribution in [0.2, 0.25) is 0 Å². The van der Waals surface area contributed by atoms with Crippen LogP contribution in [0.1, 0.15) is 15.9 Å². The molecule has 0 unspecified atom stereocenters. The summed E-state index contributed by atoms with van der Waals surface area (Å²) >= 11 is 0.681. The molecule has 2 radical (unpaired) electrons. The van der Waals surface area contributed by atoms with Gasteiger partial charge in [0.15, 0.2) is 0 Å². The van der Waals surface area contributed by atoms with E-state index in [9.17, 15) is 9.59 Å². The Labute approximate surface area is 113 Å². The number of hydrogen-bond donors (Lipinski definition) is 0. The summed E-state index contributed by atoms with van der Waals surface area (Å²) in [5.74, 6) is -0.703. The van der Waals surface area contributed by atoms with Gasteiger partial charge in [0.05, 0.1) is 0 Å². The van der Waals surface area contributed by atoms with Crippen LogP contribution in [-0.2, 0) is 4.79 Å². The summed E-state index contributed by atoms with van der Waals surface area (Å²) in [6.07, 6.45) is 1.84. The van der Waals surface area contributed by atoms with Gasteiger partial charge in [0.1, 0.15) is 0 Å². The summed E-state index contributed by atoms with van der Waals surface area (Å²) in [4.78, 5) is 23.5. The van der Waals surface area contributed by atoms with Gasteiger partial charge in [0, 0.05) is 0 Å². The summed E-state index contributed by atoms with van der Waals surface area (Å²) in [6, 6.07) is 11.6. The molecule has 0 spiro atoms. The molecular formula is C14H7InO2. The van der Waals surface area contributed by atoms with Crippen LogP contribution in [-0.4, -0.2) is 35.9 Å². The number of fused-ring (bicyclic) bond motifs is 2. The molecule has 17 heavy (non-hydrogen) atoms. The molecule has 3 heteroatoms. The maximum atomic E-state index is 11.9. The van der Waals surface area contributed by atoms with Gasteiger partial charge in [-0.05, 0) is 0 Å². The molecule has 0 aromatic heterocycles. The monoisotopic (exact) mass is 322 g/mol.